The van der Waals surface area contributed by atoms with Crippen LogP contribution >= 0.6 is 11.8 Å². The molecule has 1 unspecified atom stereocenters. The largest absolute Gasteiger partial charge is 0.496 e. The Balaban J connectivity index is 1.70. The molecule has 5 nitrogen and oxygen atoms in total. The van der Waals surface area contributed by atoms with E-state index in [4.69, 9.17) is 4.74 Å². The topological polar surface area (TPSA) is 57.0 Å². The number of ketones is 1. The number of benzene rings is 2. The third-order valence-electron chi connectivity index (χ3n) is 4.93. The summed E-state index contributed by atoms with van der Waals surface area (Å²) in [5, 5.41) is 9.24. The zero-order chi connectivity index (χ0) is 20.1. The van der Waals surface area contributed by atoms with Crippen molar-refractivity contribution < 1.29 is 9.53 Å². The maximum atomic E-state index is 12.6. The first-order valence-corrected chi connectivity index (χ1v) is 10.3. The first kappa shape index (κ1) is 20.1. The molecule has 0 N–H and O–H groups in total. The van der Waals surface area contributed by atoms with Gasteiger partial charge in [-0.1, -0.05) is 62.0 Å². The van der Waals surface area contributed by atoms with Crippen LogP contribution in [0.25, 0.3) is 11.4 Å². The normalized spacial score (nSPS) is 12.0. The molecule has 0 aliphatic heterocycles. The van der Waals surface area contributed by atoms with E-state index in [2.05, 4.69) is 24.0 Å². The Hall–Kier alpha value is -2.60. The fourth-order valence-electron chi connectivity index (χ4n) is 2.95. The molecule has 3 aromatic rings. The summed E-state index contributed by atoms with van der Waals surface area (Å²) in [4.78, 5) is 12.6. The number of hydrogen-bond donors (Lipinski definition) is 0. The van der Waals surface area contributed by atoms with Crippen LogP contribution < -0.4 is 4.74 Å². The summed E-state index contributed by atoms with van der Waals surface area (Å²) in [5.74, 6) is 2.37. The summed E-state index contributed by atoms with van der Waals surface area (Å²) in [6.07, 6.45) is 1.09. The molecule has 0 saturated heterocycles. The Morgan fingerprint density at radius 3 is 2.54 bits per heavy atom. The zero-order valence-corrected chi connectivity index (χ0v) is 17.5. The van der Waals surface area contributed by atoms with E-state index in [-0.39, 0.29) is 5.78 Å². The number of hydrogen-bond acceptors (Lipinski definition) is 5. The molecule has 0 fully saturated rings. The Bertz CT molecular complexity index is 951. The van der Waals surface area contributed by atoms with Crippen molar-refractivity contribution in [3.63, 3.8) is 0 Å². The fraction of sp³-hybridized carbons (Fsp3) is 0.318. The third-order valence-corrected chi connectivity index (χ3v) is 5.95. The lowest BCUT2D eigenvalue weighted by Crippen LogP contribution is -2.04. The minimum atomic E-state index is 0.0857. The van der Waals surface area contributed by atoms with Gasteiger partial charge in [0.2, 0.25) is 0 Å². The fourth-order valence-corrected chi connectivity index (χ4v) is 3.76. The molecule has 0 saturated carbocycles. The maximum Gasteiger partial charge on any atom is 0.191 e. The Morgan fingerprint density at radius 1 is 1.14 bits per heavy atom. The summed E-state index contributed by atoms with van der Waals surface area (Å²) in [5.41, 5.74) is 2.87. The average Bonchev–Trinajstić information content (AvgIpc) is 3.11. The highest BCUT2D eigenvalue weighted by Gasteiger charge is 2.16. The van der Waals surface area contributed by atoms with E-state index in [9.17, 15) is 4.79 Å². The highest BCUT2D eigenvalue weighted by atomic mass is 32.2. The van der Waals surface area contributed by atoms with Gasteiger partial charge in [0.15, 0.2) is 16.8 Å². The van der Waals surface area contributed by atoms with Crippen molar-refractivity contribution in [3.8, 4) is 17.1 Å². The number of nitrogens with zero attached hydrogens (tertiary/aromatic N) is 3. The molecule has 146 valence electrons. The van der Waals surface area contributed by atoms with Gasteiger partial charge in [-0.05, 0) is 30.0 Å². The van der Waals surface area contributed by atoms with E-state index in [0.717, 1.165) is 23.3 Å². The van der Waals surface area contributed by atoms with Crippen LogP contribution in [0.5, 0.6) is 5.75 Å². The second-order valence-corrected chi connectivity index (χ2v) is 7.65. The lowest BCUT2D eigenvalue weighted by Gasteiger charge is -2.09. The molecule has 3 rings (SSSR count). The van der Waals surface area contributed by atoms with E-state index in [1.807, 2.05) is 60.1 Å². The van der Waals surface area contributed by atoms with Crippen molar-refractivity contribution in [3.05, 3.63) is 59.7 Å². The number of thioether (sulfide) groups is 1. The molecule has 0 amide bonds. The first-order chi connectivity index (χ1) is 13.5. The number of Topliss-reactive ketones (excluding diaryl/α,β-unsaturated/α-hetero) is 1. The average molecular weight is 396 g/mol. The van der Waals surface area contributed by atoms with E-state index in [0.29, 0.717) is 22.7 Å². The van der Waals surface area contributed by atoms with Crippen LogP contribution in [0.4, 0.5) is 0 Å². The van der Waals surface area contributed by atoms with Gasteiger partial charge in [0.25, 0.3) is 0 Å². The molecule has 0 aliphatic carbocycles. The number of ether oxygens (including phenoxy) is 1. The van der Waals surface area contributed by atoms with E-state index in [1.165, 1.54) is 17.3 Å². The standard InChI is InChI=1S/C22H25N3O2S/c1-5-15(2)16-10-12-17(13-11-16)19(26)14-28-22-24-23-21(25(22)3)18-8-6-7-9-20(18)27-4/h6-13,15H,5,14H2,1-4H3. The quantitative estimate of drug-likeness (QED) is 0.398. The van der Waals surface area contributed by atoms with Crippen LogP contribution in [0.1, 0.15) is 42.1 Å². The highest BCUT2D eigenvalue weighted by molar-refractivity contribution is 7.99. The van der Waals surface area contributed by atoms with Gasteiger partial charge in [0, 0.05) is 12.6 Å². The molecule has 2 aromatic carbocycles. The minimum absolute atomic E-state index is 0.0857. The molecular formula is C22H25N3O2S. The Labute approximate surface area is 170 Å². The van der Waals surface area contributed by atoms with Crippen LogP contribution in [0, 0.1) is 0 Å². The van der Waals surface area contributed by atoms with Gasteiger partial charge in [-0.25, -0.2) is 0 Å². The Morgan fingerprint density at radius 2 is 1.86 bits per heavy atom. The number of para-hydroxylation sites is 1. The molecule has 0 radical (unpaired) electrons. The summed E-state index contributed by atoms with van der Waals surface area (Å²) in [6, 6.07) is 15.6. The molecule has 0 bridgehead atoms. The SMILES string of the molecule is CCC(C)c1ccc(C(=O)CSc2nnc(-c3ccccc3OC)n2C)cc1. The second kappa shape index (κ2) is 9.06. The van der Waals surface area contributed by atoms with Crippen molar-refractivity contribution in [1.82, 2.24) is 14.8 Å². The lowest BCUT2D eigenvalue weighted by molar-refractivity contribution is 0.102. The lowest BCUT2D eigenvalue weighted by atomic mass is 9.97. The zero-order valence-electron chi connectivity index (χ0n) is 16.7. The monoisotopic (exact) mass is 395 g/mol. The first-order valence-electron chi connectivity index (χ1n) is 9.33. The predicted octanol–water partition coefficient (Wildman–Crippen LogP) is 4.98. The van der Waals surface area contributed by atoms with Crippen LogP contribution in [-0.4, -0.2) is 33.4 Å². The Kier molecular flexibility index (Phi) is 6.52. The molecule has 1 atom stereocenters. The number of rotatable bonds is 8. The molecule has 0 aliphatic rings. The van der Waals surface area contributed by atoms with E-state index >= 15 is 0 Å². The molecule has 0 spiro atoms. The van der Waals surface area contributed by atoms with Crippen LogP contribution in [0.2, 0.25) is 0 Å². The molecular weight excluding hydrogens is 370 g/mol. The summed E-state index contributed by atoms with van der Waals surface area (Å²) in [6.45, 7) is 4.36. The predicted molar refractivity (Wildman–Crippen MR) is 113 cm³/mol. The van der Waals surface area contributed by atoms with Gasteiger partial charge in [-0.2, -0.15) is 0 Å². The van der Waals surface area contributed by atoms with Gasteiger partial charge < -0.3 is 9.30 Å². The second-order valence-electron chi connectivity index (χ2n) is 6.71. The van der Waals surface area contributed by atoms with Gasteiger partial charge in [-0.15, -0.1) is 10.2 Å². The van der Waals surface area contributed by atoms with Crippen molar-refractivity contribution in [2.75, 3.05) is 12.9 Å². The number of carbonyl (C=O) groups excluding carboxylic acids is 1. The molecule has 6 heteroatoms. The van der Waals surface area contributed by atoms with Crippen LogP contribution in [0.3, 0.4) is 0 Å². The smallest absolute Gasteiger partial charge is 0.191 e. The third kappa shape index (κ3) is 4.28. The molecule has 28 heavy (non-hydrogen) atoms. The highest BCUT2D eigenvalue weighted by Crippen LogP contribution is 2.30. The van der Waals surface area contributed by atoms with Gasteiger partial charge in [0.1, 0.15) is 5.75 Å². The molecule has 1 aromatic heterocycles. The van der Waals surface area contributed by atoms with Crippen LogP contribution in [-0.2, 0) is 7.05 Å². The van der Waals surface area contributed by atoms with Crippen molar-refractivity contribution in [2.45, 2.75) is 31.3 Å². The van der Waals surface area contributed by atoms with Crippen molar-refractivity contribution in [2.24, 2.45) is 7.05 Å². The number of aromatic nitrogens is 3. The van der Waals surface area contributed by atoms with Gasteiger partial charge >= 0.3 is 0 Å². The van der Waals surface area contributed by atoms with E-state index in [1.54, 1.807) is 7.11 Å². The van der Waals surface area contributed by atoms with Gasteiger partial charge in [-0.3, -0.25) is 4.79 Å². The summed E-state index contributed by atoms with van der Waals surface area (Å²) in [7, 11) is 3.53. The van der Waals surface area contributed by atoms with Crippen molar-refractivity contribution in [1.29, 1.82) is 0 Å². The summed E-state index contributed by atoms with van der Waals surface area (Å²) >= 11 is 1.39. The maximum absolute atomic E-state index is 12.6. The summed E-state index contributed by atoms with van der Waals surface area (Å²) < 4.78 is 7.30. The number of methoxy groups -OCH3 is 1. The van der Waals surface area contributed by atoms with E-state index < -0.39 is 0 Å². The van der Waals surface area contributed by atoms with Crippen LogP contribution in [0.15, 0.2) is 53.7 Å². The molecule has 1 heterocycles. The van der Waals surface area contributed by atoms with Crippen molar-refractivity contribution >= 4 is 17.5 Å². The minimum Gasteiger partial charge on any atom is -0.496 e. The number of carbonyl (C=O) groups is 1. The van der Waals surface area contributed by atoms with Gasteiger partial charge in [0.05, 0.1) is 18.4 Å².